The standard InChI is InChI=1S/C15H18N4/c1-4-5-12(13-7-9-18-15(16)19-13)14-10(2)6-8-17-11(14)3/h5-9H,4H2,1-3H3,(H2,16,18,19). The van der Waals surface area contributed by atoms with Crippen LogP contribution in [0.1, 0.15) is 35.9 Å². The maximum absolute atomic E-state index is 5.68. The van der Waals surface area contributed by atoms with E-state index in [2.05, 4.69) is 34.9 Å². The van der Waals surface area contributed by atoms with Crippen LogP contribution in [0.25, 0.3) is 5.57 Å². The van der Waals surface area contributed by atoms with Crippen LogP contribution in [-0.2, 0) is 0 Å². The van der Waals surface area contributed by atoms with E-state index >= 15 is 0 Å². The zero-order valence-corrected chi connectivity index (χ0v) is 11.5. The molecular weight excluding hydrogens is 236 g/mol. The summed E-state index contributed by atoms with van der Waals surface area (Å²) in [7, 11) is 0. The molecule has 0 bridgehead atoms. The van der Waals surface area contributed by atoms with E-state index in [0.29, 0.717) is 5.95 Å². The molecule has 0 aliphatic heterocycles. The number of aryl methyl sites for hydroxylation is 2. The Bertz CT molecular complexity index is 597. The molecule has 4 nitrogen and oxygen atoms in total. The first-order valence-electron chi connectivity index (χ1n) is 6.35. The number of hydrogen-bond acceptors (Lipinski definition) is 4. The monoisotopic (exact) mass is 254 g/mol. The smallest absolute Gasteiger partial charge is 0.220 e. The van der Waals surface area contributed by atoms with Gasteiger partial charge in [0.2, 0.25) is 5.95 Å². The molecule has 0 aliphatic carbocycles. The minimum atomic E-state index is 0.290. The van der Waals surface area contributed by atoms with Crippen LogP contribution in [0.3, 0.4) is 0 Å². The number of rotatable bonds is 3. The van der Waals surface area contributed by atoms with Crippen LogP contribution in [0.4, 0.5) is 5.95 Å². The average molecular weight is 254 g/mol. The molecule has 0 atom stereocenters. The molecule has 0 aliphatic rings. The highest BCUT2D eigenvalue weighted by molar-refractivity contribution is 5.80. The summed E-state index contributed by atoms with van der Waals surface area (Å²) in [5.74, 6) is 0.290. The van der Waals surface area contributed by atoms with Gasteiger partial charge in [-0.05, 0) is 38.0 Å². The Balaban J connectivity index is 2.62. The maximum Gasteiger partial charge on any atom is 0.220 e. The van der Waals surface area contributed by atoms with Crippen molar-refractivity contribution in [2.45, 2.75) is 27.2 Å². The van der Waals surface area contributed by atoms with Gasteiger partial charge in [0.05, 0.1) is 5.69 Å². The number of pyridine rings is 1. The molecule has 0 amide bonds. The lowest BCUT2D eigenvalue weighted by molar-refractivity contribution is 1.12. The van der Waals surface area contributed by atoms with Crippen molar-refractivity contribution in [3.05, 3.63) is 53.1 Å². The van der Waals surface area contributed by atoms with E-state index in [1.54, 1.807) is 6.20 Å². The molecule has 2 aromatic rings. The first kappa shape index (κ1) is 13.2. The lowest BCUT2D eigenvalue weighted by Gasteiger charge is -2.13. The molecule has 0 saturated heterocycles. The van der Waals surface area contributed by atoms with E-state index in [-0.39, 0.29) is 0 Å². The number of anilines is 1. The molecule has 0 aromatic carbocycles. The fourth-order valence-electron chi connectivity index (χ4n) is 2.16. The Hall–Kier alpha value is -2.23. The summed E-state index contributed by atoms with van der Waals surface area (Å²) in [5, 5.41) is 0. The van der Waals surface area contributed by atoms with E-state index in [1.165, 1.54) is 5.56 Å². The predicted molar refractivity (Wildman–Crippen MR) is 77.5 cm³/mol. The molecule has 2 N–H and O–H groups in total. The van der Waals surface area contributed by atoms with E-state index < -0.39 is 0 Å². The third-order valence-corrected chi connectivity index (χ3v) is 2.98. The Labute approximate surface area is 113 Å². The van der Waals surface area contributed by atoms with Crippen LogP contribution < -0.4 is 5.73 Å². The molecular formula is C15H18N4. The summed E-state index contributed by atoms with van der Waals surface area (Å²) in [6.45, 7) is 6.19. The number of nitrogens with zero attached hydrogens (tertiary/aromatic N) is 3. The van der Waals surface area contributed by atoms with Crippen molar-refractivity contribution in [1.29, 1.82) is 0 Å². The van der Waals surface area contributed by atoms with Gasteiger partial charge in [0.25, 0.3) is 0 Å². The molecule has 2 heterocycles. The maximum atomic E-state index is 5.68. The third kappa shape index (κ3) is 2.78. The van der Waals surface area contributed by atoms with Gasteiger partial charge in [0.1, 0.15) is 0 Å². The molecule has 4 heteroatoms. The number of nitrogen functional groups attached to an aromatic ring is 1. The van der Waals surface area contributed by atoms with E-state index in [1.807, 2.05) is 25.3 Å². The number of hydrogen-bond donors (Lipinski definition) is 1. The fraction of sp³-hybridized carbons (Fsp3) is 0.267. The van der Waals surface area contributed by atoms with Gasteiger partial charge in [0, 0.05) is 29.2 Å². The van der Waals surface area contributed by atoms with Crippen LogP contribution in [0, 0.1) is 13.8 Å². The Morgan fingerprint density at radius 3 is 2.58 bits per heavy atom. The molecule has 0 fully saturated rings. The van der Waals surface area contributed by atoms with Gasteiger partial charge >= 0.3 is 0 Å². The van der Waals surface area contributed by atoms with Crippen LogP contribution in [0.2, 0.25) is 0 Å². The summed E-state index contributed by atoms with van der Waals surface area (Å²) >= 11 is 0. The topological polar surface area (TPSA) is 64.7 Å². The summed E-state index contributed by atoms with van der Waals surface area (Å²) in [5.41, 5.74) is 10.9. The SMILES string of the molecule is CCC=C(c1ccnc(N)n1)c1c(C)ccnc1C. The third-order valence-electron chi connectivity index (χ3n) is 2.98. The molecule has 0 radical (unpaired) electrons. The van der Waals surface area contributed by atoms with Gasteiger partial charge in [-0.25, -0.2) is 9.97 Å². The summed E-state index contributed by atoms with van der Waals surface area (Å²) in [6, 6.07) is 3.89. The second kappa shape index (κ2) is 5.61. The number of aromatic nitrogens is 3. The van der Waals surface area contributed by atoms with Gasteiger partial charge in [-0.3, -0.25) is 4.98 Å². The molecule has 2 aromatic heterocycles. The first-order chi connectivity index (χ1) is 9.13. The Morgan fingerprint density at radius 1 is 1.21 bits per heavy atom. The van der Waals surface area contributed by atoms with Crippen LogP contribution >= 0.6 is 0 Å². The zero-order valence-electron chi connectivity index (χ0n) is 11.5. The zero-order chi connectivity index (χ0) is 13.8. The number of allylic oxidation sites excluding steroid dienone is 1. The van der Waals surface area contributed by atoms with Crippen LogP contribution in [0.15, 0.2) is 30.6 Å². The van der Waals surface area contributed by atoms with Gasteiger partial charge in [-0.15, -0.1) is 0 Å². The van der Waals surface area contributed by atoms with Gasteiger partial charge in [0.15, 0.2) is 0 Å². The molecule has 0 spiro atoms. The molecule has 2 rings (SSSR count). The van der Waals surface area contributed by atoms with Gasteiger partial charge in [-0.2, -0.15) is 0 Å². The minimum absolute atomic E-state index is 0.290. The van der Waals surface area contributed by atoms with Crippen LogP contribution in [0.5, 0.6) is 0 Å². The molecule has 0 saturated carbocycles. The largest absolute Gasteiger partial charge is 0.368 e. The van der Waals surface area contributed by atoms with Crippen molar-refractivity contribution in [2.75, 3.05) is 5.73 Å². The van der Waals surface area contributed by atoms with Crippen molar-refractivity contribution >= 4 is 11.5 Å². The highest BCUT2D eigenvalue weighted by Crippen LogP contribution is 2.27. The Kier molecular flexibility index (Phi) is 3.90. The summed E-state index contributed by atoms with van der Waals surface area (Å²) in [4.78, 5) is 12.6. The Morgan fingerprint density at radius 2 is 1.95 bits per heavy atom. The quantitative estimate of drug-likeness (QED) is 0.914. The van der Waals surface area contributed by atoms with Crippen molar-refractivity contribution < 1.29 is 0 Å². The molecule has 0 unspecified atom stereocenters. The van der Waals surface area contributed by atoms with Gasteiger partial charge in [-0.1, -0.05) is 13.0 Å². The second-order valence-corrected chi connectivity index (χ2v) is 4.41. The molecule has 98 valence electrons. The second-order valence-electron chi connectivity index (χ2n) is 4.41. The highest BCUT2D eigenvalue weighted by atomic mass is 15.0. The van der Waals surface area contributed by atoms with Crippen molar-refractivity contribution in [1.82, 2.24) is 15.0 Å². The predicted octanol–water partition coefficient (Wildman–Crippen LogP) is 2.91. The fourth-order valence-corrected chi connectivity index (χ4v) is 2.16. The lowest BCUT2D eigenvalue weighted by Crippen LogP contribution is -2.02. The number of nitrogens with two attached hydrogens (primary N) is 1. The van der Waals surface area contributed by atoms with E-state index in [9.17, 15) is 0 Å². The van der Waals surface area contributed by atoms with E-state index in [0.717, 1.165) is 28.9 Å². The van der Waals surface area contributed by atoms with E-state index in [4.69, 9.17) is 5.73 Å². The minimum Gasteiger partial charge on any atom is -0.368 e. The lowest BCUT2D eigenvalue weighted by atomic mass is 9.96. The molecule has 19 heavy (non-hydrogen) atoms. The summed E-state index contributed by atoms with van der Waals surface area (Å²) in [6.07, 6.45) is 6.58. The van der Waals surface area contributed by atoms with Crippen molar-refractivity contribution in [3.8, 4) is 0 Å². The highest BCUT2D eigenvalue weighted by Gasteiger charge is 2.12. The summed E-state index contributed by atoms with van der Waals surface area (Å²) < 4.78 is 0. The van der Waals surface area contributed by atoms with Crippen molar-refractivity contribution in [2.24, 2.45) is 0 Å². The normalized spacial score (nSPS) is 11.6. The van der Waals surface area contributed by atoms with Crippen LogP contribution in [-0.4, -0.2) is 15.0 Å². The average Bonchev–Trinajstić information content (AvgIpc) is 2.37. The van der Waals surface area contributed by atoms with Gasteiger partial charge < -0.3 is 5.73 Å². The first-order valence-corrected chi connectivity index (χ1v) is 6.35. The van der Waals surface area contributed by atoms with Crippen molar-refractivity contribution in [3.63, 3.8) is 0 Å².